The lowest BCUT2D eigenvalue weighted by Crippen LogP contribution is -2.34. The number of nitrogens with one attached hydrogen (secondary N) is 1. The Morgan fingerprint density at radius 2 is 1.83 bits per heavy atom. The number of carbonyl (C=O) groups excluding carboxylic acids is 1. The molecule has 1 aliphatic rings. The average molecular weight is 353 g/mol. The van der Waals surface area contributed by atoms with Gasteiger partial charge in [-0.05, 0) is 50.8 Å². The number of rotatable bonds is 5. The summed E-state index contributed by atoms with van der Waals surface area (Å²) in [5.41, 5.74) is 1.22. The van der Waals surface area contributed by atoms with Gasteiger partial charge in [-0.25, -0.2) is 8.42 Å². The van der Waals surface area contributed by atoms with Crippen molar-refractivity contribution in [1.29, 1.82) is 0 Å². The lowest BCUT2D eigenvalue weighted by atomic mass is 10.1. The van der Waals surface area contributed by atoms with Crippen LogP contribution in [0.4, 0.5) is 0 Å². The number of hydrogen-bond acceptors (Lipinski definition) is 3. The van der Waals surface area contributed by atoms with Crippen LogP contribution >= 0.6 is 0 Å². The summed E-state index contributed by atoms with van der Waals surface area (Å²) in [5, 5.41) is 2.91. The minimum Gasteiger partial charge on any atom is -0.350 e. The van der Waals surface area contributed by atoms with Crippen LogP contribution in [0.1, 0.15) is 61.9 Å². The standard InChI is InChI=1S/C18H28N2O3S/c1-4-15(3)19-18(21)17-13-16(10-9-14(17)2)24(22,23)20-11-7-5-6-8-12-20/h9-10,13,15H,4-8,11-12H2,1-3H3,(H,19,21). The molecule has 1 atom stereocenters. The van der Waals surface area contributed by atoms with Gasteiger partial charge in [0.1, 0.15) is 0 Å². The Labute approximate surface area is 145 Å². The van der Waals surface area contributed by atoms with Crippen molar-refractivity contribution in [3.8, 4) is 0 Å². The maximum absolute atomic E-state index is 12.9. The van der Waals surface area contributed by atoms with Gasteiger partial charge in [0.2, 0.25) is 10.0 Å². The highest BCUT2D eigenvalue weighted by Gasteiger charge is 2.26. The number of benzene rings is 1. The smallest absolute Gasteiger partial charge is 0.251 e. The van der Waals surface area contributed by atoms with E-state index in [1.807, 2.05) is 20.8 Å². The number of sulfonamides is 1. The molecular formula is C18H28N2O3S. The summed E-state index contributed by atoms with van der Waals surface area (Å²) >= 11 is 0. The Bertz CT molecular complexity index is 678. The van der Waals surface area contributed by atoms with Crippen molar-refractivity contribution in [2.75, 3.05) is 13.1 Å². The Balaban J connectivity index is 2.30. The fourth-order valence-electron chi connectivity index (χ4n) is 2.84. The summed E-state index contributed by atoms with van der Waals surface area (Å²) < 4.78 is 27.4. The van der Waals surface area contributed by atoms with Crippen LogP contribution in [0.25, 0.3) is 0 Å². The molecule has 1 fully saturated rings. The molecule has 134 valence electrons. The number of carbonyl (C=O) groups is 1. The molecular weight excluding hydrogens is 324 g/mol. The van der Waals surface area contributed by atoms with E-state index in [-0.39, 0.29) is 16.8 Å². The van der Waals surface area contributed by atoms with E-state index in [4.69, 9.17) is 0 Å². The highest BCUT2D eigenvalue weighted by Crippen LogP contribution is 2.22. The Morgan fingerprint density at radius 3 is 2.42 bits per heavy atom. The first-order chi connectivity index (χ1) is 11.4. The van der Waals surface area contributed by atoms with E-state index in [2.05, 4.69) is 5.32 Å². The zero-order valence-corrected chi connectivity index (χ0v) is 15.7. The quantitative estimate of drug-likeness (QED) is 0.885. The summed E-state index contributed by atoms with van der Waals surface area (Å²) in [6, 6.07) is 4.90. The molecule has 0 aliphatic carbocycles. The molecule has 1 aromatic carbocycles. The van der Waals surface area contributed by atoms with Gasteiger partial charge < -0.3 is 5.32 Å². The van der Waals surface area contributed by atoms with Crippen LogP contribution in [-0.2, 0) is 10.0 Å². The summed E-state index contributed by atoms with van der Waals surface area (Å²) in [5.74, 6) is -0.213. The molecule has 1 aliphatic heterocycles. The number of hydrogen-bond donors (Lipinski definition) is 1. The minimum absolute atomic E-state index is 0.0581. The fourth-order valence-corrected chi connectivity index (χ4v) is 4.38. The lowest BCUT2D eigenvalue weighted by Gasteiger charge is -2.21. The molecule has 1 amide bonds. The minimum atomic E-state index is -3.54. The topological polar surface area (TPSA) is 66.5 Å². The summed E-state index contributed by atoms with van der Waals surface area (Å²) in [4.78, 5) is 12.6. The van der Waals surface area contributed by atoms with Crippen molar-refractivity contribution in [3.05, 3.63) is 29.3 Å². The molecule has 0 radical (unpaired) electrons. The van der Waals surface area contributed by atoms with Gasteiger partial charge in [-0.15, -0.1) is 0 Å². The van der Waals surface area contributed by atoms with Crippen molar-refractivity contribution in [1.82, 2.24) is 9.62 Å². The second-order valence-corrected chi connectivity index (χ2v) is 8.52. The maximum Gasteiger partial charge on any atom is 0.251 e. The molecule has 6 heteroatoms. The first-order valence-corrected chi connectivity index (χ1v) is 10.2. The Kier molecular flexibility index (Phi) is 6.40. The molecule has 0 spiro atoms. The average Bonchev–Trinajstić information content (AvgIpc) is 2.84. The summed E-state index contributed by atoms with van der Waals surface area (Å²) in [7, 11) is -3.54. The van der Waals surface area contributed by atoms with Crippen LogP contribution in [-0.4, -0.2) is 37.8 Å². The van der Waals surface area contributed by atoms with Crippen molar-refractivity contribution in [2.45, 2.75) is 63.8 Å². The van der Waals surface area contributed by atoms with E-state index in [1.54, 1.807) is 16.4 Å². The van der Waals surface area contributed by atoms with Crippen molar-refractivity contribution in [3.63, 3.8) is 0 Å². The van der Waals surface area contributed by atoms with Crippen LogP contribution in [0.5, 0.6) is 0 Å². The van der Waals surface area contributed by atoms with Gasteiger partial charge in [0.15, 0.2) is 0 Å². The van der Waals surface area contributed by atoms with Gasteiger partial charge in [-0.2, -0.15) is 4.31 Å². The Morgan fingerprint density at radius 1 is 1.21 bits per heavy atom. The van der Waals surface area contributed by atoms with Crippen LogP contribution in [0.2, 0.25) is 0 Å². The zero-order chi connectivity index (χ0) is 17.7. The first-order valence-electron chi connectivity index (χ1n) is 8.78. The molecule has 1 saturated heterocycles. The van der Waals surface area contributed by atoms with E-state index in [0.717, 1.165) is 37.7 Å². The van der Waals surface area contributed by atoms with Gasteiger partial charge in [0.05, 0.1) is 4.90 Å². The molecule has 24 heavy (non-hydrogen) atoms. The summed E-state index contributed by atoms with van der Waals surface area (Å²) in [6.45, 7) is 6.88. The lowest BCUT2D eigenvalue weighted by molar-refractivity contribution is 0.0938. The van der Waals surface area contributed by atoms with Crippen LogP contribution in [0, 0.1) is 6.92 Å². The highest BCUT2D eigenvalue weighted by molar-refractivity contribution is 7.89. The highest BCUT2D eigenvalue weighted by atomic mass is 32.2. The SMILES string of the molecule is CCC(C)NC(=O)c1cc(S(=O)(=O)N2CCCCCC2)ccc1C. The predicted octanol–water partition coefficient (Wildman–Crippen LogP) is 3.09. The molecule has 1 unspecified atom stereocenters. The van der Waals surface area contributed by atoms with E-state index in [9.17, 15) is 13.2 Å². The van der Waals surface area contributed by atoms with Crippen molar-refractivity contribution >= 4 is 15.9 Å². The monoisotopic (exact) mass is 352 g/mol. The number of amides is 1. The molecule has 1 heterocycles. The second-order valence-electron chi connectivity index (χ2n) is 6.58. The number of aryl methyl sites for hydroxylation is 1. The molecule has 5 nitrogen and oxygen atoms in total. The fraction of sp³-hybridized carbons (Fsp3) is 0.611. The van der Waals surface area contributed by atoms with E-state index in [0.29, 0.717) is 18.7 Å². The van der Waals surface area contributed by atoms with Crippen molar-refractivity contribution < 1.29 is 13.2 Å². The van der Waals surface area contributed by atoms with Crippen molar-refractivity contribution in [2.24, 2.45) is 0 Å². The molecule has 0 aromatic heterocycles. The zero-order valence-electron chi connectivity index (χ0n) is 14.8. The third kappa shape index (κ3) is 4.36. The van der Waals surface area contributed by atoms with Crippen LogP contribution in [0.3, 0.4) is 0 Å². The first kappa shape index (κ1) is 18.9. The molecule has 2 rings (SSSR count). The van der Waals surface area contributed by atoms with Gasteiger partial charge in [0, 0.05) is 24.7 Å². The molecule has 1 aromatic rings. The van der Waals surface area contributed by atoms with E-state index >= 15 is 0 Å². The van der Waals surface area contributed by atoms with Gasteiger partial charge >= 0.3 is 0 Å². The third-order valence-electron chi connectivity index (χ3n) is 4.65. The molecule has 1 N–H and O–H groups in total. The summed E-state index contributed by atoms with van der Waals surface area (Å²) in [6.07, 6.45) is 4.76. The molecule has 0 saturated carbocycles. The normalized spacial score (nSPS) is 18.0. The van der Waals surface area contributed by atoms with Gasteiger partial charge in [-0.1, -0.05) is 25.8 Å². The van der Waals surface area contributed by atoms with E-state index in [1.165, 1.54) is 6.07 Å². The largest absolute Gasteiger partial charge is 0.350 e. The third-order valence-corrected chi connectivity index (χ3v) is 6.54. The van der Waals surface area contributed by atoms with Gasteiger partial charge in [-0.3, -0.25) is 4.79 Å². The van der Waals surface area contributed by atoms with Gasteiger partial charge in [0.25, 0.3) is 5.91 Å². The number of nitrogens with zero attached hydrogens (tertiary/aromatic N) is 1. The second kappa shape index (κ2) is 8.12. The maximum atomic E-state index is 12.9. The van der Waals surface area contributed by atoms with E-state index < -0.39 is 10.0 Å². The van der Waals surface area contributed by atoms with Crippen LogP contribution < -0.4 is 5.32 Å². The predicted molar refractivity (Wildman–Crippen MR) is 95.6 cm³/mol. The molecule has 0 bridgehead atoms. The van der Waals surface area contributed by atoms with Crippen LogP contribution in [0.15, 0.2) is 23.1 Å². The Hall–Kier alpha value is -1.40.